The maximum atomic E-state index is 12.9. The monoisotopic (exact) mass is 237 g/mol. The molecule has 1 amide bonds. The van der Waals surface area contributed by atoms with Crippen molar-refractivity contribution >= 4 is 11.6 Å². The normalized spacial score (nSPS) is 15.1. The number of likely N-dealkylation sites (N-methyl/N-ethyl adjacent to an activating group) is 1. The van der Waals surface area contributed by atoms with Crippen LogP contribution in [0.5, 0.6) is 0 Å². The number of halogens is 1. The number of hydrogen-bond acceptors (Lipinski definition) is 3. The van der Waals surface area contributed by atoms with Gasteiger partial charge in [-0.3, -0.25) is 4.79 Å². The summed E-state index contributed by atoms with van der Waals surface area (Å²) in [6, 6.07) is 3.03. The van der Waals surface area contributed by atoms with Crippen LogP contribution in [0.3, 0.4) is 0 Å². The summed E-state index contributed by atoms with van der Waals surface area (Å²) in [5, 5.41) is 0. The Kier molecular flexibility index (Phi) is 3.56. The molecule has 1 saturated heterocycles. The Bertz CT molecular complexity index is 404. The molecule has 1 aliphatic heterocycles. The highest BCUT2D eigenvalue weighted by molar-refractivity contribution is 5.81. The van der Waals surface area contributed by atoms with Crippen LogP contribution in [-0.4, -0.2) is 42.5 Å². The van der Waals surface area contributed by atoms with Gasteiger partial charge in [-0.25, -0.2) is 4.98 Å². The SMILES string of the molecule is CN(CC(=O)N1CCCC1)c1ccnc(F)c1. The van der Waals surface area contributed by atoms with Gasteiger partial charge < -0.3 is 9.80 Å². The number of hydrogen-bond donors (Lipinski definition) is 0. The molecule has 1 fully saturated rings. The third-order valence-electron chi connectivity index (χ3n) is 2.98. The molecule has 4 nitrogen and oxygen atoms in total. The van der Waals surface area contributed by atoms with E-state index < -0.39 is 5.95 Å². The minimum atomic E-state index is -0.525. The van der Waals surface area contributed by atoms with Gasteiger partial charge in [0.1, 0.15) is 0 Å². The molecule has 0 aliphatic carbocycles. The number of rotatable bonds is 3. The molecule has 1 aromatic heterocycles. The topological polar surface area (TPSA) is 36.4 Å². The lowest BCUT2D eigenvalue weighted by molar-refractivity contribution is -0.128. The summed E-state index contributed by atoms with van der Waals surface area (Å²) in [4.78, 5) is 19.0. The third-order valence-corrected chi connectivity index (χ3v) is 2.98. The van der Waals surface area contributed by atoms with Crippen LogP contribution in [0.15, 0.2) is 18.3 Å². The Morgan fingerprint density at radius 2 is 2.24 bits per heavy atom. The molecular weight excluding hydrogens is 221 g/mol. The molecule has 0 N–H and O–H groups in total. The van der Waals surface area contributed by atoms with Crippen molar-refractivity contribution in [2.75, 3.05) is 31.6 Å². The largest absolute Gasteiger partial charge is 0.365 e. The summed E-state index contributed by atoms with van der Waals surface area (Å²) in [6.45, 7) is 1.97. The number of amides is 1. The number of anilines is 1. The van der Waals surface area contributed by atoms with Crippen molar-refractivity contribution in [3.05, 3.63) is 24.3 Å². The molecule has 0 spiro atoms. The van der Waals surface area contributed by atoms with E-state index in [9.17, 15) is 9.18 Å². The van der Waals surface area contributed by atoms with E-state index in [2.05, 4.69) is 4.98 Å². The van der Waals surface area contributed by atoms with Gasteiger partial charge in [0.15, 0.2) is 0 Å². The zero-order chi connectivity index (χ0) is 12.3. The first-order chi connectivity index (χ1) is 8.16. The van der Waals surface area contributed by atoms with Crippen LogP contribution in [0.25, 0.3) is 0 Å². The van der Waals surface area contributed by atoms with Gasteiger partial charge in [-0.15, -0.1) is 0 Å². The van der Waals surface area contributed by atoms with E-state index in [1.165, 1.54) is 12.3 Å². The second-order valence-corrected chi connectivity index (χ2v) is 4.28. The van der Waals surface area contributed by atoms with Crippen LogP contribution >= 0.6 is 0 Å². The predicted octanol–water partition coefficient (Wildman–Crippen LogP) is 1.28. The third kappa shape index (κ3) is 2.93. The van der Waals surface area contributed by atoms with Gasteiger partial charge in [0.05, 0.1) is 6.54 Å². The predicted molar refractivity (Wildman–Crippen MR) is 63.3 cm³/mol. The fourth-order valence-corrected chi connectivity index (χ4v) is 1.99. The van der Waals surface area contributed by atoms with Crippen LogP contribution in [-0.2, 0) is 4.79 Å². The molecule has 0 radical (unpaired) electrons. The Morgan fingerprint density at radius 1 is 1.53 bits per heavy atom. The average molecular weight is 237 g/mol. The summed E-state index contributed by atoms with van der Waals surface area (Å²) in [6.07, 6.45) is 3.57. The number of likely N-dealkylation sites (tertiary alicyclic amines) is 1. The quantitative estimate of drug-likeness (QED) is 0.743. The number of carbonyl (C=O) groups is 1. The Hall–Kier alpha value is -1.65. The molecule has 92 valence electrons. The minimum absolute atomic E-state index is 0.0993. The number of pyridine rings is 1. The highest BCUT2D eigenvalue weighted by Crippen LogP contribution is 2.13. The fraction of sp³-hybridized carbons (Fsp3) is 0.500. The van der Waals surface area contributed by atoms with Gasteiger partial charge in [-0.2, -0.15) is 4.39 Å². The van der Waals surface area contributed by atoms with Crippen molar-refractivity contribution in [1.29, 1.82) is 0 Å². The van der Waals surface area contributed by atoms with Crippen molar-refractivity contribution in [3.8, 4) is 0 Å². The highest BCUT2D eigenvalue weighted by atomic mass is 19.1. The van der Waals surface area contributed by atoms with Gasteiger partial charge in [0.25, 0.3) is 0 Å². The highest BCUT2D eigenvalue weighted by Gasteiger charge is 2.19. The van der Waals surface area contributed by atoms with Gasteiger partial charge >= 0.3 is 0 Å². The molecular formula is C12H16FN3O. The first-order valence-electron chi connectivity index (χ1n) is 5.77. The Morgan fingerprint density at radius 3 is 2.88 bits per heavy atom. The molecule has 1 aromatic rings. The van der Waals surface area contributed by atoms with Crippen LogP contribution in [0.4, 0.5) is 10.1 Å². The second-order valence-electron chi connectivity index (χ2n) is 4.28. The molecule has 0 saturated carbocycles. The smallest absolute Gasteiger partial charge is 0.242 e. The van der Waals surface area contributed by atoms with E-state index in [0.29, 0.717) is 5.69 Å². The Balaban J connectivity index is 1.96. The van der Waals surface area contributed by atoms with E-state index in [1.54, 1.807) is 18.0 Å². The molecule has 0 unspecified atom stereocenters. The first-order valence-corrected chi connectivity index (χ1v) is 5.77. The second kappa shape index (κ2) is 5.12. The van der Waals surface area contributed by atoms with Crippen molar-refractivity contribution < 1.29 is 9.18 Å². The van der Waals surface area contributed by atoms with Gasteiger partial charge in [0.2, 0.25) is 11.9 Å². The van der Waals surface area contributed by atoms with Crippen molar-refractivity contribution in [3.63, 3.8) is 0 Å². The summed E-state index contributed by atoms with van der Waals surface area (Å²) in [5.41, 5.74) is 0.671. The Labute approximate surface area is 100 Å². The summed E-state index contributed by atoms with van der Waals surface area (Å²) in [7, 11) is 1.78. The molecule has 0 bridgehead atoms. The van der Waals surface area contributed by atoms with Gasteiger partial charge in [-0.1, -0.05) is 0 Å². The van der Waals surface area contributed by atoms with Crippen LogP contribution in [0, 0.1) is 5.95 Å². The van der Waals surface area contributed by atoms with E-state index in [1.807, 2.05) is 4.90 Å². The average Bonchev–Trinajstić information content (AvgIpc) is 2.82. The minimum Gasteiger partial charge on any atom is -0.365 e. The molecule has 0 atom stereocenters. The van der Waals surface area contributed by atoms with E-state index >= 15 is 0 Å². The number of aromatic nitrogens is 1. The van der Waals surface area contributed by atoms with Crippen LogP contribution in [0.2, 0.25) is 0 Å². The molecule has 2 heterocycles. The van der Waals surface area contributed by atoms with Gasteiger partial charge in [0, 0.05) is 38.1 Å². The van der Waals surface area contributed by atoms with Crippen LogP contribution < -0.4 is 4.90 Å². The van der Waals surface area contributed by atoms with Crippen molar-refractivity contribution in [1.82, 2.24) is 9.88 Å². The zero-order valence-corrected chi connectivity index (χ0v) is 9.90. The van der Waals surface area contributed by atoms with Crippen molar-refractivity contribution in [2.24, 2.45) is 0 Å². The van der Waals surface area contributed by atoms with E-state index in [0.717, 1.165) is 25.9 Å². The zero-order valence-electron chi connectivity index (χ0n) is 9.90. The summed E-state index contributed by atoms with van der Waals surface area (Å²) < 4.78 is 12.9. The standard InChI is InChI=1S/C12H16FN3O/c1-15(10-4-5-14-11(13)8-10)9-12(17)16-6-2-3-7-16/h4-5,8H,2-3,6-7,9H2,1H3. The van der Waals surface area contributed by atoms with Gasteiger partial charge in [-0.05, 0) is 18.9 Å². The molecule has 1 aliphatic rings. The molecule has 0 aromatic carbocycles. The lowest BCUT2D eigenvalue weighted by atomic mass is 10.3. The maximum Gasteiger partial charge on any atom is 0.242 e. The first kappa shape index (κ1) is 11.8. The number of carbonyl (C=O) groups excluding carboxylic acids is 1. The fourth-order valence-electron chi connectivity index (χ4n) is 1.99. The molecule has 17 heavy (non-hydrogen) atoms. The molecule has 2 rings (SSSR count). The van der Waals surface area contributed by atoms with Crippen molar-refractivity contribution in [2.45, 2.75) is 12.8 Å². The van der Waals surface area contributed by atoms with Crippen LogP contribution in [0.1, 0.15) is 12.8 Å². The lowest BCUT2D eigenvalue weighted by Gasteiger charge is -2.22. The van der Waals surface area contributed by atoms with E-state index in [-0.39, 0.29) is 12.5 Å². The number of nitrogens with zero attached hydrogens (tertiary/aromatic N) is 3. The molecule has 5 heteroatoms. The summed E-state index contributed by atoms with van der Waals surface area (Å²) >= 11 is 0. The maximum absolute atomic E-state index is 12.9. The van der Waals surface area contributed by atoms with E-state index in [4.69, 9.17) is 0 Å². The lowest BCUT2D eigenvalue weighted by Crippen LogP contribution is -2.37. The summed E-state index contributed by atoms with van der Waals surface area (Å²) in [5.74, 6) is -0.426.